The summed E-state index contributed by atoms with van der Waals surface area (Å²) in [5, 5.41) is 2.78. The second-order valence-corrected chi connectivity index (χ2v) is 4.27. The van der Waals surface area contributed by atoms with Crippen LogP contribution in [0, 0.1) is 0 Å². The van der Waals surface area contributed by atoms with Gasteiger partial charge in [0, 0.05) is 0 Å². The zero-order valence-corrected chi connectivity index (χ0v) is 9.61. The quantitative estimate of drug-likeness (QED) is 0.825. The van der Waals surface area contributed by atoms with Crippen molar-refractivity contribution in [1.29, 1.82) is 0 Å². The van der Waals surface area contributed by atoms with Crippen molar-refractivity contribution in [2.75, 3.05) is 7.11 Å². The Hall–Kier alpha value is -1.55. The molecule has 1 N–H and O–H groups in total. The number of carbonyl (C=O) groups excluding carboxylic acids is 1. The Morgan fingerprint density at radius 3 is 2.38 bits per heavy atom. The largest absolute Gasteiger partial charge is 0.497 e. The smallest absolute Gasteiger partial charge is 0.256 e. The topological polar surface area (TPSA) is 47.6 Å². The summed E-state index contributed by atoms with van der Waals surface area (Å²) in [5.41, 5.74) is 0.241. The fourth-order valence-corrected chi connectivity index (χ4v) is 1.74. The summed E-state index contributed by atoms with van der Waals surface area (Å²) in [4.78, 5) is 11.7. The molecule has 0 bridgehead atoms. The molecule has 0 radical (unpaired) electrons. The van der Waals surface area contributed by atoms with E-state index in [-0.39, 0.29) is 5.91 Å². The van der Waals surface area contributed by atoms with Crippen LogP contribution in [-0.2, 0) is 9.53 Å². The lowest BCUT2D eigenvalue weighted by Gasteiger charge is -2.17. The van der Waals surface area contributed by atoms with Gasteiger partial charge in [-0.2, -0.15) is 0 Å². The first-order valence-electron chi connectivity index (χ1n) is 5.16. The van der Waals surface area contributed by atoms with Crippen LogP contribution in [0.1, 0.15) is 25.5 Å². The van der Waals surface area contributed by atoms with Crippen molar-refractivity contribution in [2.24, 2.45) is 0 Å². The van der Waals surface area contributed by atoms with E-state index in [2.05, 4.69) is 5.32 Å². The highest BCUT2D eigenvalue weighted by Crippen LogP contribution is 2.30. The van der Waals surface area contributed by atoms with Crippen molar-refractivity contribution in [3.05, 3.63) is 29.8 Å². The SMILES string of the molecule is COc1ccc(C2OC(C)(C)NC2=O)cc1. The number of amides is 1. The molecular weight excluding hydrogens is 206 g/mol. The molecule has 0 saturated carbocycles. The van der Waals surface area contributed by atoms with Crippen LogP contribution in [0.2, 0.25) is 0 Å². The number of nitrogens with one attached hydrogen (secondary N) is 1. The van der Waals surface area contributed by atoms with Crippen LogP contribution in [0.25, 0.3) is 0 Å². The van der Waals surface area contributed by atoms with Crippen LogP contribution < -0.4 is 10.1 Å². The van der Waals surface area contributed by atoms with Gasteiger partial charge in [0.1, 0.15) is 11.5 Å². The zero-order chi connectivity index (χ0) is 11.8. The van der Waals surface area contributed by atoms with Crippen molar-refractivity contribution in [3.8, 4) is 5.75 Å². The van der Waals surface area contributed by atoms with Crippen molar-refractivity contribution >= 4 is 5.91 Å². The Labute approximate surface area is 94.6 Å². The van der Waals surface area contributed by atoms with Crippen LogP contribution in [0.5, 0.6) is 5.75 Å². The van der Waals surface area contributed by atoms with E-state index < -0.39 is 11.8 Å². The minimum atomic E-state index is -0.596. The molecule has 1 heterocycles. The molecule has 1 amide bonds. The Morgan fingerprint density at radius 2 is 1.94 bits per heavy atom. The minimum absolute atomic E-state index is 0.102. The van der Waals surface area contributed by atoms with Gasteiger partial charge < -0.3 is 14.8 Å². The molecule has 2 rings (SSSR count). The van der Waals surface area contributed by atoms with Gasteiger partial charge in [-0.25, -0.2) is 0 Å². The third-order valence-corrected chi connectivity index (χ3v) is 2.49. The van der Waals surface area contributed by atoms with Gasteiger partial charge in [-0.05, 0) is 31.5 Å². The second-order valence-electron chi connectivity index (χ2n) is 4.27. The van der Waals surface area contributed by atoms with Gasteiger partial charge in [0.05, 0.1) is 7.11 Å². The number of benzene rings is 1. The van der Waals surface area contributed by atoms with E-state index >= 15 is 0 Å². The third-order valence-electron chi connectivity index (χ3n) is 2.49. The molecule has 1 fully saturated rings. The van der Waals surface area contributed by atoms with Crippen molar-refractivity contribution < 1.29 is 14.3 Å². The molecule has 4 heteroatoms. The fourth-order valence-electron chi connectivity index (χ4n) is 1.74. The molecule has 1 aromatic rings. The van der Waals surface area contributed by atoms with E-state index in [0.717, 1.165) is 11.3 Å². The minimum Gasteiger partial charge on any atom is -0.497 e. The molecule has 1 aliphatic rings. The Kier molecular flexibility index (Phi) is 2.59. The third kappa shape index (κ3) is 2.02. The van der Waals surface area contributed by atoms with Crippen molar-refractivity contribution in [2.45, 2.75) is 25.7 Å². The van der Waals surface area contributed by atoms with Crippen LogP contribution in [-0.4, -0.2) is 18.7 Å². The van der Waals surface area contributed by atoms with Crippen LogP contribution in [0.15, 0.2) is 24.3 Å². The standard InChI is InChI=1S/C12H15NO3/c1-12(2)13-11(14)10(16-12)8-4-6-9(15-3)7-5-8/h4-7,10H,1-3H3,(H,13,14). The summed E-state index contributed by atoms with van der Waals surface area (Å²) in [6.07, 6.45) is -0.527. The molecule has 86 valence electrons. The number of carbonyl (C=O) groups is 1. The maximum absolute atomic E-state index is 11.7. The number of hydrogen-bond acceptors (Lipinski definition) is 3. The lowest BCUT2D eigenvalue weighted by molar-refractivity contribution is -0.124. The fraction of sp³-hybridized carbons (Fsp3) is 0.417. The highest BCUT2D eigenvalue weighted by molar-refractivity contribution is 5.84. The van der Waals surface area contributed by atoms with Gasteiger partial charge >= 0.3 is 0 Å². The summed E-state index contributed by atoms with van der Waals surface area (Å²) in [7, 11) is 1.61. The molecule has 1 aromatic carbocycles. The molecule has 1 unspecified atom stereocenters. The summed E-state index contributed by atoms with van der Waals surface area (Å²) < 4.78 is 10.7. The van der Waals surface area contributed by atoms with E-state index in [1.807, 2.05) is 38.1 Å². The monoisotopic (exact) mass is 221 g/mol. The zero-order valence-electron chi connectivity index (χ0n) is 9.61. The number of rotatable bonds is 2. The molecule has 16 heavy (non-hydrogen) atoms. The Balaban J connectivity index is 2.21. The summed E-state index contributed by atoms with van der Waals surface area (Å²) in [6, 6.07) is 7.31. The molecule has 0 spiro atoms. The molecule has 1 saturated heterocycles. The molecular formula is C12H15NO3. The van der Waals surface area contributed by atoms with E-state index in [0.29, 0.717) is 0 Å². The molecule has 1 aliphatic heterocycles. The van der Waals surface area contributed by atoms with Gasteiger partial charge in [-0.3, -0.25) is 4.79 Å². The van der Waals surface area contributed by atoms with Crippen LogP contribution >= 0.6 is 0 Å². The molecule has 0 aromatic heterocycles. The van der Waals surface area contributed by atoms with Gasteiger partial charge in [0.25, 0.3) is 5.91 Å². The first kappa shape index (κ1) is 11.0. The van der Waals surface area contributed by atoms with Crippen LogP contribution in [0.3, 0.4) is 0 Å². The average molecular weight is 221 g/mol. The molecule has 1 atom stereocenters. The molecule has 4 nitrogen and oxygen atoms in total. The van der Waals surface area contributed by atoms with Crippen molar-refractivity contribution in [1.82, 2.24) is 5.32 Å². The predicted octanol–water partition coefficient (Wildman–Crippen LogP) is 1.62. The summed E-state index contributed by atoms with van der Waals surface area (Å²) in [6.45, 7) is 3.66. The summed E-state index contributed by atoms with van der Waals surface area (Å²) >= 11 is 0. The maximum atomic E-state index is 11.7. The van der Waals surface area contributed by atoms with Gasteiger partial charge in [0.2, 0.25) is 0 Å². The normalized spacial score (nSPS) is 22.9. The Bertz CT molecular complexity index is 397. The van der Waals surface area contributed by atoms with Gasteiger partial charge in [-0.15, -0.1) is 0 Å². The first-order chi connectivity index (χ1) is 7.52. The highest BCUT2D eigenvalue weighted by atomic mass is 16.5. The number of ether oxygens (including phenoxy) is 2. The van der Waals surface area contributed by atoms with Gasteiger partial charge in [-0.1, -0.05) is 12.1 Å². The van der Waals surface area contributed by atoms with Crippen LogP contribution in [0.4, 0.5) is 0 Å². The first-order valence-corrected chi connectivity index (χ1v) is 5.16. The lowest BCUT2D eigenvalue weighted by atomic mass is 10.1. The van der Waals surface area contributed by atoms with E-state index in [1.54, 1.807) is 7.11 Å². The second kappa shape index (κ2) is 3.79. The summed E-state index contributed by atoms with van der Waals surface area (Å²) in [5.74, 6) is 0.664. The highest BCUT2D eigenvalue weighted by Gasteiger charge is 2.38. The number of methoxy groups -OCH3 is 1. The van der Waals surface area contributed by atoms with Crippen molar-refractivity contribution in [3.63, 3.8) is 0 Å². The van der Waals surface area contributed by atoms with Gasteiger partial charge in [0.15, 0.2) is 6.10 Å². The van der Waals surface area contributed by atoms with E-state index in [1.165, 1.54) is 0 Å². The van der Waals surface area contributed by atoms with E-state index in [9.17, 15) is 4.79 Å². The number of hydrogen-bond donors (Lipinski definition) is 1. The predicted molar refractivity (Wildman–Crippen MR) is 59.0 cm³/mol. The average Bonchev–Trinajstić information content (AvgIpc) is 2.52. The Morgan fingerprint density at radius 1 is 1.31 bits per heavy atom. The van der Waals surface area contributed by atoms with E-state index in [4.69, 9.17) is 9.47 Å². The molecule has 0 aliphatic carbocycles. The maximum Gasteiger partial charge on any atom is 0.256 e. The lowest BCUT2D eigenvalue weighted by Crippen LogP contribution is -2.35.